The van der Waals surface area contributed by atoms with Crippen LogP contribution in [-0.4, -0.2) is 24.0 Å². The van der Waals surface area contributed by atoms with Crippen molar-refractivity contribution >= 4 is 17.9 Å². The van der Waals surface area contributed by atoms with Crippen LogP contribution in [0.25, 0.3) is 0 Å². The summed E-state index contributed by atoms with van der Waals surface area (Å²) in [5.74, 6) is 0.848. The Labute approximate surface area is 178 Å². The molecular formula is C25H32O5. The highest BCUT2D eigenvalue weighted by molar-refractivity contribution is 6.06. The van der Waals surface area contributed by atoms with Gasteiger partial charge >= 0.3 is 17.9 Å². The van der Waals surface area contributed by atoms with Gasteiger partial charge < -0.3 is 9.47 Å². The van der Waals surface area contributed by atoms with Gasteiger partial charge in [0.15, 0.2) is 0 Å². The van der Waals surface area contributed by atoms with Crippen LogP contribution >= 0.6 is 0 Å². The number of cyclic esters (lactones) is 2. The van der Waals surface area contributed by atoms with Crippen molar-refractivity contribution in [2.45, 2.75) is 84.7 Å². The van der Waals surface area contributed by atoms with Gasteiger partial charge in [-0.2, -0.15) is 0 Å². The van der Waals surface area contributed by atoms with Crippen molar-refractivity contribution in [3.8, 4) is 0 Å². The summed E-state index contributed by atoms with van der Waals surface area (Å²) in [4.78, 5) is 35.4. The third-order valence-electron chi connectivity index (χ3n) is 9.31. The first-order valence-electron chi connectivity index (χ1n) is 11.6. The summed E-state index contributed by atoms with van der Waals surface area (Å²) in [5.41, 5.74) is 3.56. The number of hydrogen-bond acceptors (Lipinski definition) is 5. The molecule has 0 spiro atoms. The minimum atomic E-state index is -0.402. The summed E-state index contributed by atoms with van der Waals surface area (Å²) >= 11 is 0. The molecule has 0 amide bonds. The SMILES string of the molecule is CC(=O)O[C@H]1CC[C@@]2(C)C(=CC[C@@H]3[C@@H]2CC[C@]2(C)/C(=C4\CC(=O)OC4=O)CC[C@@H]32)C1. The molecule has 0 radical (unpaired) electrons. The van der Waals surface area contributed by atoms with Gasteiger partial charge in [-0.05, 0) is 73.5 Å². The Kier molecular flexibility index (Phi) is 4.53. The van der Waals surface area contributed by atoms with E-state index in [-0.39, 0.29) is 29.3 Å². The predicted octanol–water partition coefficient (Wildman–Crippen LogP) is 4.65. The van der Waals surface area contributed by atoms with Crippen LogP contribution in [-0.2, 0) is 23.9 Å². The lowest BCUT2D eigenvalue weighted by atomic mass is 9.47. The minimum absolute atomic E-state index is 0.0107. The number of carbonyl (C=O) groups is 3. The Morgan fingerprint density at radius 3 is 2.53 bits per heavy atom. The molecule has 0 aromatic rings. The Morgan fingerprint density at radius 1 is 1.10 bits per heavy atom. The Morgan fingerprint density at radius 2 is 1.83 bits per heavy atom. The van der Waals surface area contributed by atoms with E-state index in [4.69, 9.17) is 9.47 Å². The number of allylic oxidation sites excluding steroid dienone is 2. The molecule has 6 atom stereocenters. The first kappa shape index (κ1) is 20.0. The topological polar surface area (TPSA) is 69.7 Å². The Balaban J connectivity index is 1.43. The molecule has 5 nitrogen and oxygen atoms in total. The van der Waals surface area contributed by atoms with Gasteiger partial charge in [-0.1, -0.05) is 31.1 Å². The van der Waals surface area contributed by atoms with E-state index in [0.717, 1.165) is 51.4 Å². The van der Waals surface area contributed by atoms with Gasteiger partial charge in [0.05, 0.1) is 6.42 Å². The molecule has 162 valence electrons. The Bertz CT molecular complexity index is 882. The van der Waals surface area contributed by atoms with E-state index >= 15 is 0 Å². The summed E-state index contributed by atoms with van der Waals surface area (Å²) in [6.07, 6.45) is 10.9. The third-order valence-corrected chi connectivity index (χ3v) is 9.31. The number of fused-ring (bicyclic) bond motifs is 5. The summed E-state index contributed by atoms with van der Waals surface area (Å²) in [6, 6.07) is 0. The molecule has 4 aliphatic carbocycles. The van der Waals surface area contributed by atoms with E-state index in [1.54, 1.807) is 0 Å². The van der Waals surface area contributed by atoms with Crippen LogP contribution in [0, 0.1) is 28.6 Å². The third kappa shape index (κ3) is 2.84. The van der Waals surface area contributed by atoms with Crippen LogP contribution in [0.5, 0.6) is 0 Å². The fraction of sp³-hybridized carbons (Fsp3) is 0.720. The van der Waals surface area contributed by atoms with Gasteiger partial charge in [-0.3, -0.25) is 9.59 Å². The van der Waals surface area contributed by atoms with Crippen LogP contribution in [0.2, 0.25) is 0 Å². The van der Waals surface area contributed by atoms with Crippen LogP contribution in [0.15, 0.2) is 22.8 Å². The quantitative estimate of drug-likeness (QED) is 0.271. The van der Waals surface area contributed by atoms with Crippen LogP contribution < -0.4 is 0 Å². The van der Waals surface area contributed by atoms with Gasteiger partial charge in [0.2, 0.25) is 0 Å². The van der Waals surface area contributed by atoms with Gasteiger partial charge in [0.25, 0.3) is 0 Å². The van der Waals surface area contributed by atoms with Crippen molar-refractivity contribution < 1.29 is 23.9 Å². The highest BCUT2D eigenvalue weighted by atomic mass is 16.6. The number of carbonyl (C=O) groups excluding carboxylic acids is 3. The van der Waals surface area contributed by atoms with Crippen molar-refractivity contribution in [1.29, 1.82) is 0 Å². The molecule has 4 fully saturated rings. The molecule has 30 heavy (non-hydrogen) atoms. The zero-order valence-electron chi connectivity index (χ0n) is 18.3. The van der Waals surface area contributed by atoms with E-state index in [0.29, 0.717) is 23.3 Å². The van der Waals surface area contributed by atoms with E-state index in [1.165, 1.54) is 18.1 Å². The average Bonchev–Trinajstić information content (AvgIpc) is 3.19. The van der Waals surface area contributed by atoms with Crippen molar-refractivity contribution in [2.24, 2.45) is 28.6 Å². The summed E-state index contributed by atoms with van der Waals surface area (Å²) < 4.78 is 10.4. The molecule has 0 bridgehead atoms. The zero-order valence-corrected chi connectivity index (χ0v) is 18.3. The summed E-state index contributed by atoms with van der Waals surface area (Å²) in [5, 5.41) is 0. The first-order chi connectivity index (χ1) is 14.2. The second-order valence-electron chi connectivity index (χ2n) is 10.6. The lowest BCUT2D eigenvalue weighted by Gasteiger charge is -2.57. The first-order valence-corrected chi connectivity index (χ1v) is 11.6. The molecule has 5 heteroatoms. The molecule has 1 aliphatic heterocycles. The number of ether oxygens (including phenoxy) is 2. The fourth-order valence-electron chi connectivity index (χ4n) is 7.92. The van der Waals surface area contributed by atoms with E-state index in [1.807, 2.05) is 0 Å². The molecule has 3 saturated carbocycles. The maximum absolute atomic E-state index is 12.3. The van der Waals surface area contributed by atoms with Gasteiger partial charge in [0.1, 0.15) is 6.10 Å². The second kappa shape index (κ2) is 6.80. The fourth-order valence-corrected chi connectivity index (χ4v) is 7.92. The molecular weight excluding hydrogens is 380 g/mol. The molecule has 0 unspecified atom stereocenters. The highest BCUT2D eigenvalue weighted by Gasteiger charge is 2.58. The smallest absolute Gasteiger partial charge is 0.342 e. The molecule has 1 saturated heterocycles. The molecule has 5 aliphatic rings. The van der Waals surface area contributed by atoms with E-state index in [2.05, 4.69) is 19.9 Å². The average molecular weight is 413 g/mol. The molecule has 0 N–H and O–H groups in total. The van der Waals surface area contributed by atoms with Crippen molar-refractivity contribution in [2.75, 3.05) is 0 Å². The van der Waals surface area contributed by atoms with Gasteiger partial charge in [0, 0.05) is 18.9 Å². The lowest BCUT2D eigenvalue weighted by Crippen LogP contribution is -2.49. The van der Waals surface area contributed by atoms with Gasteiger partial charge in [-0.25, -0.2) is 4.79 Å². The van der Waals surface area contributed by atoms with Crippen molar-refractivity contribution in [1.82, 2.24) is 0 Å². The highest BCUT2D eigenvalue weighted by Crippen LogP contribution is 2.66. The summed E-state index contributed by atoms with van der Waals surface area (Å²) in [6.45, 7) is 6.27. The lowest BCUT2D eigenvalue weighted by molar-refractivity contribution is -0.151. The van der Waals surface area contributed by atoms with Crippen LogP contribution in [0.3, 0.4) is 0 Å². The maximum atomic E-state index is 12.3. The number of hydrogen-bond donors (Lipinski definition) is 0. The normalized spacial score (nSPS) is 45.2. The van der Waals surface area contributed by atoms with Gasteiger partial charge in [-0.15, -0.1) is 0 Å². The molecule has 1 heterocycles. The number of esters is 3. The van der Waals surface area contributed by atoms with Crippen LogP contribution in [0.1, 0.15) is 78.6 Å². The van der Waals surface area contributed by atoms with Crippen LogP contribution in [0.4, 0.5) is 0 Å². The molecule has 0 aromatic carbocycles. The minimum Gasteiger partial charge on any atom is -0.462 e. The second-order valence-corrected chi connectivity index (χ2v) is 10.6. The molecule has 0 aromatic heterocycles. The predicted molar refractivity (Wildman–Crippen MR) is 110 cm³/mol. The number of rotatable bonds is 1. The van der Waals surface area contributed by atoms with E-state index in [9.17, 15) is 14.4 Å². The van der Waals surface area contributed by atoms with E-state index < -0.39 is 11.9 Å². The van der Waals surface area contributed by atoms with Crippen molar-refractivity contribution in [3.63, 3.8) is 0 Å². The summed E-state index contributed by atoms with van der Waals surface area (Å²) in [7, 11) is 0. The molecule has 5 rings (SSSR count). The monoisotopic (exact) mass is 412 g/mol. The van der Waals surface area contributed by atoms with Crippen molar-refractivity contribution in [3.05, 3.63) is 22.8 Å². The Hall–Kier alpha value is -1.91. The standard InChI is InChI=1S/C25H32O5/c1-14(26)29-16-8-10-24(2)15(12-16)4-5-17-19-6-7-20(18-13-22(27)30-23(18)28)25(19,3)11-9-21(17)24/h4,16-17,19,21H,5-13H2,1-3H3/b20-18+/t16-,17-,19-,21-,24-,25-/m0/s1. The zero-order chi connectivity index (χ0) is 21.3. The maximum Gasteiger partial charge on any atom is 0.342 e. The largest absolute Gasteiger partial charge is 0.462 e.